The number of rotatable bonds is 4. The minimum absolute atomic E-state index is 0.0123. The maximum atomic E-state index is 11.7. The highest BCUT2D eigenvalue weighted by Gasteiger charge is 2.21. The van der Waals surface area contributed by atoms with Gasteiger partial charge in [0.05, 0.1) is 11.7 Å². The average molecular weight is 219 g/mol. The predicted octanol–water partition coefficient (Wildman–Crippen LogP) is 0.868. The number of carbonyl (C=O) groups excluding carboxylic acids is 1. The van der Waals surface area contributed by atoms with Crippen molar-refractivity contribution >= 4 is 5.91 Å². The number of hydrogen-bond acceptors (Lipinski definition) is 3. The fourth-order valence-corrected chi connectivity index (χ4v) is 1.76. The van der Waals surface area contributed by atoms with Crippen LogP contribution >= 0.6 is 0 Å². The van der Waals surface area contributed by atoms with Gasteiger partial charge in [-0.3, -0.25) is 9.78 Å². The molecule has 4 heteroatoms. The van der Waals surface area contributed by atoms with E-state index >= 15 is 0 Å². The van der Waals surface area contributed by atoms with Crippen molar-refractivity contribution in [2.75, 3.05) is 13.1 Å². The number of carbonyl (C=O) groups is 1. The summed E-state index contributed by atoms with van der Waals surface area (Å²) >= 11 is 0. The van der Waals surface area contributed by atoms with Crippen molar-refractivity contribution in [2.45, 2.75) is 19.4 Å². The Kier molecular flexibility index (Phi) is 3.51. The molecule has 0 radical (unpaired) electrons. The summed E-state index contributed by atoms with van der Waals surface area (Å²) in [6.07, 6.45) is 2.36. The molecule has 1 aromatic rings. The Labute approximate surface area is 95.5 Å². The highest BCUT2D eigenvalue weighted by Crippen LogP contribution is 2.11. The third-order valence-corrected chi connectivity index (χ3v) is 2.85. The van der Waals surface area contributed by atoms with Crippen molar-refractivity contribution in [1.29, 1.82) is 0 Å². The first kappa shape index (κ1) is 11.1. The lowest BCUT2D eigenvalue weighted by molar-refractivity contribution is -0.123. The van der Waals surface area contributed by atoms with Crippen molar-refractivity contribution in [3.8, 4) is 0 Å². The van der Waals surface area contributed by atoms with Crippen LogP contribution in [0.15, 0.2) is 24.4 Å². The van der Waals surface area contributed by atoms with Crippen LogP contribution in [0.4, 0.5) is 0 Å². The summed E-state index contributed by atoms with van der Waals surface area (Å²) in [6, 6.07) is 5.72. The van der Waals surface area contributed by atoms with E-state index in [1.165, 1.54) is 0 Å². The first-order valence-electron chi connectivity index (χ1n) is 5.66. The quantitative estimate of drug-likeness (QED) is 0.790. The molecule has 1 saturated heterocycles. The van der Waals surface area contributed by atoms with Gasteiger partial charge in [-0.2, -0.15) is 0 Å². The van der Waals surface area contributed by atoms with Gasteiger partial charge in [-0.15, -0.1) is 0 Å². The second kappa shape index (κ2) is 5.07. The molecule has 2 N–H and O–H groups in total. The number of amides is 1. The Morgan fingerprint density at radius 2 is 2.44 bits per heavy atom. The van der Waals surface area contributed by atoms with Crippen LogP contribution in [-0.2, 0) is 4.79 Å². The first-order chi connectivity index (χ1) is 7.75. The van der Waals surface area contributed by atoms with Crippen molar-refractivity contribution in [1.82, 2.24) is 15.6 Å². The molecule has 1 atom stereocenters. The Hall–Kier alpha value is -1.42. The van der Waals surface area contributed by atoms with E-state index in [2.05, 4.69) is 15.6 Å². The van der Waals surface area contributed by atoms with Gasteiger partial charge in [0.1, 0.15) is 0 Å². The van der Waals surface area contributed by atoms with Crippen molar-refractivity contribution in [3.05, 3.63) is 30.1 Å². The number of pyridine rings is 1. The molecular weight excluding hydrogens is 202 g/mol. The predicted molar refractivity (Wildman–Crippen MR) is 61.8 cm³/mol. The second-order valence-corrected chi connectivity index (χ2v) is 4.27. The molecule has 1 aliphatic rings. The summed E-state index contributed by atoms with van der Waals surface area (Å²) in [5.41, 5.74) is 0.905. The molecule has 0 bridgehead atoms. The molecule has 4 nitrogen and oxygen atoms in total. The Bertz CT molecular complexity index is 349. The molecule has 16 heavy (non-hydrogen) atoms. The fourth-order valence-electron chi connectivity index (χ4n) is 1.76. The van der Waals surface area contributed by atoms with Gasteiger partial charge in [-0.1, -0.05) is 6.07 Å². The van der Waals surface area contributed by atoms with Gasteiger partial charge in [0.15, 0.2) is 0 Å². The van der Waals surface area contributed by atoms with Crippen molar-refractivity contribution in [2.24, 2.45) is 5.92 Å². The highest BCUT2D eigenvalue weighted by molar-refractivity contribution is 5.76. The zero-order valence-corrected chi connectivity index (χ0v) is 9.44. The van der Waals surface area contributed by atoms with Crippen LogP contribution < -0.4 is 10.6 Å². The van der Waals surface area contributed by atoms with E-state index in [4.69, 9.17) is 0 Å². The molecule has 1 aliphatic heterocycles. The van der Waals surface area contributed by atoms with Gasteiger partial charge < -0.3 is 10.6 Å². The van der Waals surface area contributed by atoms with E-state index in [9.17, 15) is 4.79 Å². The molecule has 0 aliphatic carbocycles. The zero-order valence-electron chi connectivity index (χ0n) is 9.44. The van der Waals surface area contributed by atoms with Crippen LogP contribution in [0.1, 0.15) is 25.1 Å². The number of nitrogens with one attached hydrogen (secondary N) is 2. The first-order valence-corrected chi connectivity index (χ1v) is 5.66. The van der Waals surface area contributed by atoms with Crippen molar-refractivity contribution in [3.63, 3.8) is 0 Å². The van der Waals surface area contributed by atoms with Crippen LogP contribution in [0.3, 0.4) is 0 Å². The summed E-state index contributed by atoms with van der Waals surface area (Å²) in [4.78, 5) is 15.9. The summed E-state index contributed by atoms with van der Waals surface area (Å²) in [5.74, 6) is 0.626. The summed E-state index contributed by atoms with van der Waals surface area (Å²) in [5, 5.41) is 6.13. The molecule has 0 spiro atoms. The van der Waals surface area contributed by atoms with Gasteiger partial charge >= 0.3 is 0 Å². The Balaban J connectivity index is 1.82. The van der Waals surface area contributed by atoms with Crippen LogP contribution in [-0.4, -0.2) is 24.0 Å². The summed E-state index contributed by atoms with van der Waals surface area (Å²) in [6.45, 7) is 3.88. The van der Waals surface area contributed by atoms with Gasteiger partial charge in [0, 0.05) is 12.6 Å². The zero-order chi connectivity index (χ0) is 11.4. The Morgan fingerprint density at radius 3 is 3.00 bits per heavy atom. The molecule has 1 amide bonds. The van der Waals surface area contributed by atoms with Gasteiger partial charge in [-0.05, 0) is 38.1 Å². The summed E-state index contributed by atoms with van der Waals surface area (Å²) in [7, 11) is 0. The van der Waals surface area contributed by atoms with E-state index in [0.29, 0.717) is 12.3 Å². The molecule has 0 saturated carbocycles. The lowest BCUT2D eigenvalue weighted by Gasteiger charge is -2.26. The standard InChI is InChI=1S/C12H17N3O/c1-9(11-4-2-3-5-14-11)15-12(16)6-10-7-13-8-10/h2-5,9-10,13H,6-8H2,1H3,(H,15,16). The van der Waals surface area contributed by atoms with E-state index < -0.39 is 0 Å². The molecule has 86 valence electrons. The SMILES string of the molecule is CC(NC(=O)CC1CNC1)c1ccccn1. The van der Waals surface area contributed by atoms with Gasteiger partial charge in [-0.25, -0.2) is 0 Å². The van der Waals surface area contributed by atoms with E-state index in [1.54, 1.807) is 6.20 Å². The molecule has 2 heterocycles. The monoisotopic (exact) mass is 219 g/mol. The van der Waals surface area contributed by atoms with E-state index in [-0.39, 0.29) is 11.9 Å². The van der Waals surface area contributed by atoms with Crippen LogP contribution in [0.25, 0.3) is 0 Å². The fraction of sp³-hybridized carbons (Fsp3) is 0.500. The summed E-state index contributed by atoms with van der Waals surface area (Å²) < 4.78 is 0. The largest absolute Gasteiger partial charge is 0.348 e. The normalized spacial score (nSPS) is 17.6. The van der Waals surface area contributed by atoms with Gasteiger partial charge in [0.25, 0.3) is 0 Å². The average Bonchev–Trinajstić information content (AvgIpc) is 2.25. The molecule has 2 rings (SSSR count). The third-order valence-electron chi connectivity index (χ3n) is 2.85. The van der Waals surface area contributed by atoms with Crippen LogP contribution in [0.5, 0.6) is 0 Å². The van der Waals surface area contributed by atoms with E-state index in [0.717, 1.165) is 18.8 Å². The molecule has 1 fully saturated rings. The van der Waals surface area contributed by atoms with Crippen molar-refractivity contribution < 1.29 is 4.79 Å². The molecular formula is C12H17N3O. The lowest BCUT2D eigenvalue weighted by Crippen LogP contribution is -2.44. The van der Waals surface area contributed by atoms with E-state index in [1.807, 2.05) is 25.1 Å². The number of hydrogen-bond donors (Lipinski definition) is 2. The maximum Gasteiger partial charge on any atom is 0.220 e. The maximum absolute atomic E-state index is 11.7. The second-order valence-electron chi connectivity index (χ2n) is 4.27. The number of nitrogens with zero attached hydrogens (tertiary/aromatic N) is 1. The topological polar surface area (TPSA) is 54.0 Å². The third kappa shape index (κ3) is 2.79. The smallest absolute Gasteiger partial charge is 0.220 e. The molecule has 1 unspecified atom stereocenters. The minimum atomic E-state index is -0.0123. The number of aromatic nitrogens is 1. The molecule has 1 aromatic heterocycles. The van der Waals surface area contributed by atoms with Crippen LogP contribution in [0, 0.1) is 5.92 Å². The van der Waals surface area contributed by atoms with Crippen LogP contribution in [0.2, 0.25) is 0 Å². The molecule has 0 aromatic carbocycles. The lowest BCUT2D eigenvalue weighted by atomic mass is 9.99. The highest BCUT2D eigenvalue weighted by atomic mass is 16.1. The minimum Gasteiger partial charge on any atom is -0.348 e. The Morgan fingerprint density at radius 1 is 1.62 bits per heavy atom. The van der Waals surface area contributed by atoms with Gasteiger partial charge in [0.2, 0.25) is 5.91 Å².